The first-order valence-electron chi connectivity index (χ1n) is 9.19. The number of urea groups is 1. The van der Waals surface area contributed by atoms with Gasteiger partial charge in [0.15, 0.2) is 11.5 Å². The number of likely N-dealkylation sites (tertiary alicyclic amines) is 1. The van der Waals surface area contributed by atoms with Crippen LogP contribution < -0.4 is 14.8 Å². The maximum Gasteiger partial charge on any atom is 0.317 e. The molecular formula is C19H28N2O5. The van der Waals surface area contributed by atoms with Crippen LogP contribution in [0, 0.1) is 5.92 Å². The SMILES string of the molecule is CCOc1ccc(CCNC(=O)N2CCCC(C(=O)O)C2)cc1OCC. The zero-order valence-electron chi connectivity index (χ0n) is 15.5. The number of hydrogen-bond acceptors (Lipinski definition) is 4. The number of rotatable bonds is 8. The average molecular weight is 364 g/mol. The third-order valence-electron chi connectivity index (χ3n) is 4.36. The van der Waals surface area contributed by atoms with E-state index < -0.39 is 11.9 Å². The van der Waals surface area contributed by atoms with Crippen LogP contribution in [0.25, 0.3) is 0 Å². The molecular weight excluding hydrogens is 336 g/mol. The Balaban J connectivity index is 1.85. The number of piperidine rings is 1. The van der Waals surface area contributed by atoms with Gasteiger partial charge in [-0.15, -0.1) is 0 Å². The zero-order chi connectivity index (χ0) is 18.9. The minimum atomic E-state index is -0.833. The Morgan fingerprint density at radius 2 is 1.96 bits per heavy atom. The second kappa shape index (κ2) is 9.89. The van der Waals surface area contributed by atoms with Gasteiger partial charge < -0.3 is 24.8 Å². The van der Waals surface area contributed by atoms with E-state index >= 15 is 0 Å². The molecule has 0 saturated carbocycles. The molecule has 0 bridgehead atoms. The fourth-order valence-electron chi connectivity index (χ4n) is 3.04. The molecule has 1 heterocycles. The highest BCUT2D eigenvalue weighted by atomic mass is 16.5. The summed E-state index contributed by atoms with van der Waals surface area (Å²) in [5, 5.41) is 12.0. The summed E-state index contributed by atoms with van der Waals surface area (Å²) in [6.45, 7) is 6.33. The molecule has 1 aromatic carbocycles. The molecule has 2 rings (SSSR count). The number of hydrogen-bond donors (Lipinski definition) is 2. The quantitative estimate of drug-likeness (QED) is 0.740. The predicted molar refractivity (Wildman–Crippen MR) is 97.8 cm³/mol. The van der Waals surface area contributed by atoms with E-state index in [2.05, 4.69) is 5.32 Å². The smallest absolute Gasteiger partial charge is 0.317 e. The van der Waals surface area contributed by atoms with Gasteiger partial charge in [0.05, 0.1) is 19.1 Å². The molecule has 1 saturated heterocycles. The van der Waals surface area contributed by atoms with Crippen LogP contribution >= 0.6 is 0 Å². The Kier molecular flexibility index (Phi) is 7.56. The van der Waals surface area contributed by atoms with Crippen molar-refractivity contribution in [2.75, 3.05) is 32.8 Å². The molecule has 7 nitrogen and oxygen atoms in total. The van der Waals surface area contributed by atoms with Crippen molar-refractivity contribution in [2.24, 2.45) is 5.92 Å². The van der Waals surface area contributed by atoms with E-state index in [1.165, 1.54) is 0 Å². The van der Waals surface area contributed by atoms with Gasteiger partial charge in [-0.3, -0.25) is 4.79 Å². The Morgan fingerprint density at radius 3 is 2.65 bits per heavy atom. The maximum absolute atomic E-state index is 12.2. The lowest BCUT2D eigenvalue weighted by atomic mass is 9.99. The van der Waals surface area contributed by atoms with Crippen molar-refractivity contribution < 1.29 is 24.2 Å². The number of ether oxygens (including phenoxy) is 2. The van der Waals surface area contributed by atoms with Gasteiger partial charge in [0.1, 0.15) is 0 Å². The Morgan fingerprint density at radius 1 is 1.23 bits per heavy atom. The van der Waals surface area contributed by atoms with E-state index in [1.54, 1.807) is 4.90 Å². The molecule has 26 heavy (non-hydrogen) atoms. The van der Waals surface area contributed by atoms with Gasteiger partial charge in [-0.25, -0.2) is 4.79 Å². The van der Waals surface area contributed by atoms with Crippen molar-refractivity contribution in [2.45, 2.75) is 33.1 Å². The van der Waals surface area contributed by atoms with Crippen molar-refractivity contribution in [3.05, 3.63) is 23.8 Å². The first kappa shape index (κ1) is 19.9. The molecule has 1 fully saturated rings. The molecule has 144 valence electrons. The highest BCUT2D eigenvalue weighted by Crippen LogP contribution is 2.28. The standard InChI is InChI=1S/C19H28N2O5/c1-3-25-16-8-7-14(12-17(16)26-4-2)9-10-20-19(24)21-11-5-6-15(13-21)18(22)23/h7-8,12,15H,3-6,9-11,13H2,1-2H3,(H,20,24)(H,22,23). The molecule has 1 aliphatic heterocycles. The van der Waals surface area contributed by atoms with Gasteiger partial charge in [-0.05, 0) is 50.8 Å². The van der Waals surface area contributed by atoms with E-state index in [0.717, 1.165) is 17.7 Å². The van der Waals surface area contributed by atoms with E-state index in [-0.39, 0.29) is 12.6 Å². The molecule has 1 atom stereocenters. The number of carbonyl (C=O) groups excluding carboxylic acids is 1. The second-order valence-corrected chi connectivity index (χ2v) is 6.25. The monoisotopic (exact) mass is 364 g/mol. The number of nitrogens with zero attached hydrogens (tertiary/aromatic N) is 1. The summed E-state index contributed by atoms with van der Waals surface area (Å²) >= 11 is 0. The minimum absolute atomic E-state index is 0.202. The molecule has 1 unspecified atom stereocenters. The lowest BCUT2D eigenvalue weighted by Crippen LogP contribution is -2.47. The topological polar surface area (TPSA) is 88.1 Å². The Hall–Kier alpha value is -2.44. The summed E-state index contributed by atoms with van der Waals surface area (Å²) in [5.41, 5.74) is 1.04. The zero-order valence-corrected chi connectivity index (χ0v) is 15.5. The average Bonchev–Trinajstić information content (AvgIpc) is 2.64. The number of nitrogens with one attached hydrogen (secondary N) is 1. The van der Waals surface area contributed by atoms with Crippen LogP contribution in [0.15, 0.2) is 18.2 Å². The van der Waals surface area contributed by atoms with Crippen molar-refractivity contribution >= 4 is 12.0 Å². The van der Waals surface area contributed by atoms with Crippen molar-refractivity contribution in [3.63, 3.8) is 0 Å². The van der Waals surface area contributed by atoms with Gasteiger partial charge in [0, 0.05) is 19.6 Å². The summed E-state index contributed by atoms with van der Waals surface area (Å²) < 4.78 is 11.2. The van der Waals surface area contributed by atoms with Crippen LogP contribution in [0.1, 0.15) is 32.3 Å². The largest absolute Gasteiger partial charge is 0.490 e. The van der Waals surface area contributed by atoms with E-state index in [1.807, 2.05) is 32.0 Å². The van der Waals surface area contributed by atoms with E-state index in [4.69, 9.17) is 14.6 Å². The lowest BCUT2D eigenvalue weighted by Gasteiger charge is -2.30. The fraction of sp³-hybridized carbons (Fsp3) is 0.579. The summed E-state index contributed by atoms with van der Waals surface area (Å²) in [5.74, 6) is 0.128. The highest BCUT2D eigenvalue weighted by Gasteiger charge is 2.27. The molecule has 0 aliphatic carbocycles. The van der Waals surface area contributed by atoms with Crippen molar-refractivity contribution in [3.8, 4) is 11.5 Å². The molecule has 1 aliphatic rings. The number of carboxylic acids is 1. The van der Waals surface area contributed by atoms with Crippen molar-refractivity contribution in [1.29, 1.82) is 0 Å². The molecule has 0 aromatic heterocycles. The van der Waals surface area contributed by atoms with Crippen LogP contribution in [-0.4, -0.2) is 54.9 Å². The fourth-order valence-corrected chi connectivity index (χ4v) is 3.04. The lowest BCUT2D eigenvalue weighted by molar-refractivity contribution is -0.143. The number of amides is 2. The summed E-state index contributed by atoms with van der Waals surface area (Å²) in [6, 6.07) is 5.57. The summed E-state index contributed by atoms with van der Waals surface area (Å²) in [7, 11) is 0. The first-order valence-corrected chi connectivity index (χ1v) is 9.19. The van der Waals surface area contributed by atoms with Gasteiger partial charge in [0.25, 0.3) is 0 Å². The van der Waals surface area contributed by atoms with Crippen LogP contribution in [-0.2, 0) is 11.2 Å². The van der Waals surface area contributed by atoms with Crippen molar-refractivity contribution in [1.82, 2.24) is 10.2 Å². The number of benzene rings is 1. The van der Waals surface area contributed by atoms with Gasteiger partial charge in [-0.2, -0.15) is 0 Å². The molecule has 1 aromatic rings. The number of carboxylic acid groups (broad SMARTS) is 1. The number of carbonyl (C=O) groups is 2. The predicted octanol–water partition coefficient (Wildman–Crippen LogP) is 2.53. The molecule has 0 spiro atoms. The van der Waals surface area contributed by atoms with E-state index in [9.17, 15) is 9.59 Å². The second-order valence-electron chi connectivity index (χ2n) is 6.25. The van der Waals surface area contributed by atoms with E-state index in [0.29, 0.717) is 44.9 Å². The molecule has 0 radical (unpaired) electrons. The van der Waals surface area contributed by atoms with Gasteiger partial charge in [-0.1, -0.05) is 6.07 Å². The Bertz CT molecular complexity index is 620. The maximum atomic E-state index is 12.2. The number of aliphatic carboxylic acids is 1. The third-order valence-corrected chi connectivity index (χ3v) is 4.36. The van der Waals surface area contributed by atoms with Crippen LogP contribution in [0.3, 0.4) is 0 Å². The Labute approximate surface area is 154 Å². The summed E-state index contributed by atoms with van der Waals surface area (Å²) in [4.78, 5) is 24.9. The van der Waals surface area contributed by atoms with Gasteiger partial charge >= 0.3 is 12.0 Å². The summed E-state index contributed by atoms with van der Waals surface area (Å²) in [6.07, 6.45) is 2.01. The molecule has 2 amide bonds. The molecule has 2 N–H and O–H groups in total. The van der Waals surface area contributed by atoms with Crippen LogP contribution in [0.5, 0.6) is 11.5 Å². The van der Waals surface area contributed by atoms with Gasteiger partial charge in [0.2, 0.25) is 0 Å². The minimum Gasteiger partial charge on any atom is -0.490 e. The van der Waals surface area contributed by atoms with Crippen LogP contribution in [0.2, 0.25) is 0 Å². The first-order chi connectivity index (χ1) is 12.5. The van der Waals surface area contributed by atoms with Crippen LogP contribution in [0.4, 0.5) is 4.79 Å². The normalized spacial score (nSPS) is 16.8. The highest BCUT2D eigenvalue weighted by molar-refractivity contribution is 5.76. The molecule has 7 heteroatoms. The third kappa shape index (κ3) is 5.54.